The number of nitrogens with zero attached hydrogens (tertiary/aromatic N) is 1. The van der Waals surface area contributed by atoms with E-state index in [0.29, 0.717) is 13.2 Å². The normalized spacial score (nSPS) is 17.6. The van der Waals surface area contributed by atoms with Crippen molar-refractivity contribution in [1.82, 2.24) is 4.90 Å². The minimum absolute atomic E-state index is 0.497. The van der Waals surface area contributed by atoms with Crippen LogP contribution >= 0.6 is 0 Å². The molecule has 0 amide bonds. The Morgan fingerprint density at radius 1 is 1.07 bits per heavy atom. The molecule has 0 aromatic rings. The molecule has 80 valence electrons. The topological polar surface area (TPSA) is 21.7 Å². The Balaban J connectivity index is 1.85. The minimum atomic E-state index is 0.497. The maximum Gasteiger partial charge on any atom is 0.123 e. The predicted octanol–water partition coefficient (Wildman–Crippen LogP) is 1.10. The third-order valence-electron chi connectivity index (χ3n) is 2.41. The number of piperidine rings is 1. The van der Waals surface area contributed by atoms with Crippen molar-refractivity contribution in [3.8, 4) is 12.5 Å². The highest BCUT2D eigenvalue weighted by molar-refractivity contribution is 4.68. The zero-order chi connectivity index (χ0) is 10.1. The summed E-state index contributed by atoms with van der Waals surface area (Å²) in [6, 6.07) is 0. The van der Waals surface area contributed by atoms with Gasteiger partial charge in [0.25, 0.3) is 0 Å². The summed E-state index contributed by atoms with van der Waals surface area (Å²) in [4.78, 5) is 2.45. The lowest BCUT2D eigenvalue weighted by molar-refractivity contribution is 0.0688. The molecule has 0 aromatic heterocycles. The smallest absolute Gasteiger partial charge is 0.123 e. The molecule has 0 bridgehead atoms. The van der Waals surface area contributed by atoms with Crippen LogP contribution in [0.25, 0.3) is 0 Å². The van der Waals surface area contributed by atoms with Gasteiger partial charge in [-0.2, -0.15) is 0 Å². The predicted molar refractivity (Wildman–Crippen MR) is 55.9 cm³/mol. The molecule has 1 aliphatic rings. The van der Waals surface area contributed by atoms with Crippen LogP contribution in [0.4, 0.5) is 0 Å². The molecule has 0 radical (unpaired) electrons. The number of hydrogen-bond acceptors (Lipinski definition) is 3. The number of ether oxygens (including phenoxy) is 2. The zero-order valence-corrected chi connectivity index (χ0v) is 8.71. The Bertz CT molecular complexity index is 171. The van der Waals surface area contributed by atoms with E-state index in [2.05, 4.69) is 11.0 Å². The lowest BCUT2D eigenvalue weighted by Gasteiger charge is -2.25. The Hall–Kier alpha value is -0.720. The van der Waals surface area contributed by atoms with Crippen molar-refractivity contribution in [1.29, 1.82) is 0 Å². The van der Waals surface area contributed by atoms with Crippen LogP contribution in [-0.2, 0) is 9.47 Å². The molecule has 1 heterocycles. The molecule has 0 atom stereocenters. The second-order valence-corrected chi connectivity index (χ2v) is 3.48. The Morgan fingerprint density at radius 2 is 1.86 bits per heavy atom. The van der Waals surface area contributed by atoms with Gasteiger partial charge in [0.1, 0.15) is 12.7 Å². The van der Waals surface area contributed by atoms with Gasteiger partial charge < -0.3 is 14.4 Å². The van der Waals surface area contributed by atoms with Crippen LogP contribution in [0.2, 0.25) is 0 Å². The molecule has 0 saturated carbocycles. The molecular formula is C11H19NO2. The summed E-state index contributed by atoms with van der Waals surface area (Å²) in [7, 11) is 0. The van der Waals surface area contributed by atoms with E-state index in [0.717, 1.165) is 13.2 Å². The molecule has 1 rings (SSSR count). The largest absolute Gasteiger partial charge is 0.444 e. The van der Waals surface area contributed by atoms with Crippen LogP contribution in [0.5, 0.6) is 0 Å². The third kappa shape index (κ3) is 5.11. The Morgan fingerprint density at radius 3 is 2.57 bits per heavy atom. The van der Waals surface area contributed by atoms with Crippen LogP contribution < -0.4 is 0 Å². The summed E-state index contributed by atoms with van der Waals surface area (Å²) in [5.74, 6) is 0. The van der Waals surface area contributed by atoms with Crippen molar-refractivity contribution in [3.63, 3.8) is 0 Å². The monoisotopic (exact) mass is 197 g/mol. The van der Waals surface area contributed by atoms with E-state index < -0.39 is 0 Å². The first-order valence-corrected chi connectivity index (χ1v) is 5.31. The standard InChI is InChI=1S/C11H19NO2/c1-2-13-10-11-14-9-8-12-6-4-3-5-7-12/h1H,3-11H2. The summed E-state index contributed by atoms with van der Waals surface area (Å²) < 4.78 is 10.1. The first-order chi connectivity index (χ1) is 6.93. The minimum Gasteiger partial charge on any atom is -0.444 e. The van der Waals surface area contributed by atoms with Crippen LogP contribution in [0.3, 0.4) is 0 Å². The maximum atomic E-state index is 5.38. The van der Waals surface area contributed by atoms with Gasteiger partial charge in [0.15, 0.2) is 0 Å². The van der Waals surface area contributed by atoms with Crippen LogP contribution in [0.15, 0.2) is 0 Å². The van der Waals surface area contributed by atoms with Gasteiger partial charge in [0.05, 0.1) is 13.2 Å². The van der Waals surface area contributed by atoms with Crippen molar-refractivity contribution in [3.05, 3.63) is 0 Å². The zero-order valence-electron chi connectivity index (χ0n) is 8.71. The maximum absolute atomic E-state index is 5.38. The van der Waals surface area contributed by atoms with Crippen molar-refractivity contribution in [2.75, 3.05) is 39.5 Å². The van der Waals surface area contributed by atoms with Crippen LogP contribution in [0, 0.1) is 12.5 Å². The van der Waals surface area contributed by atoms with E-state index in [1.165, 1.54) is 32.4 Å². The van der Waals surface area contributed by atoms with E-state index in [1.54, 1.807) is 0 Å². The van der Waals surface area contributed by atoms with E-state index >= 15 is 0 Å². The molecular weight excluding hydrogens is 178 g/mol. The SMILES string of the molecule is C#COCCOCCN1CCCCC1. The van der Waals surface area contributed by atoms with Gasteiger partial charge in [-0.25, -0.2) is 0 Å². The van der Waals surface area contributed by atoms with E-state index in [1.807, 2.05) is 0 Å². The Kier molecular flexibility index (Phi) is 6.21. The average molecular weight is 197 g/mol. The highest BCUT2D eigenvalue weighted by Gasteiger charge is 2.08. The first kappa shape index (κ1) is 11.4. The number of terminal acetylenes is 1. The first-order valence-electron chi connectivity index (χ1n) is 5.31. The lowest BCUT2D eigenvalue weighted by atomic mass is 10.1. The summed E-state index contributed by atoms with van der Waals surface area (Å²) >= 11 is 0. The van der Waals surface area contributed by atoms with Gasteiger partial charge in [0.2, 0.25) is 0 Å². The highest BCUT2D eigenvalue weighted by Crippen LogP contribution is 2.07. The summed E-state index contributed by atoms with van der Waals surface area (Å²) in [6.07, 6.45) is 11.1. The fourth-order valence-corrected chi connectivity index (χ4v) is 1.64. The van der Waals surface area contributed by atoms with Crippen LogP contribution in [0.1, 0.15) is 19.3 Å². The fraction of sp³-hybridized carbons (Fsp3) is 0.818. The van der Waals surface area contributed by atoms with Gasteiger partial charge in [-0.3, -0.25) is 0 Å². The molecule has 3 nitrogen and oxygen atoms in total. The van der Waals surface area contributed by atoms with Crippen molar-refractivity contribution < 1.29 is 9.47 Å². The number of likely N-dealkylation sites (tertiary alicyclic amines) is 1. The van der Waals surface area contributed by atoms with E-state index in [9.17, 15) is 0 Å². The molecule has 0 spiro atoms. The summed E-state index contributed by atoms with van der Waals surface area (Å²) in [6.45, 7) is 5.37. The van der Waals surface area contributed by atoms with Gasteiger partial charge in [-0.1, -0.05) is 12.8 Å². The fourth-order valence-electron chi connectivity index (χ4n) is 1.64. The Labute approximate surface area is 86.4 Å². The quantitative estimate of drug-likeness (QED) is 0.470. The molecule has 1 aliphatic heterocycles. The summed E-state index contributed by atoms with van der Waals surface area (Å²) in [5.41, 5.74) is 0. The molecule has 3 heteroatoms. The van der Waals surface area contributed by atoms with Crippen LogP contribution in [-0.4, -0.2) is 44.4 Å². The molecule has 14 heavy (non-hydrogen) atoms. The average Bonchev–Trinajstić information content (AvgIpc) is 2.25. The molecule has 0 aromatic carbocycles. The molecule has 0 unspecified atom stereocenters. The van der Waals surface area contributed by atoms with E-state index in [4.69, 9.17) is 15.9 Å². The van der Waals surface area contributed by atoms with Crippen molar-refractivity contribution in [2.45, 2.75) is 19.3 Å². The highest BCUT2D eigenvalue weighted by atomic mass is 16.5. The number of hydrogen-bond donors (Lipinski definition) is 0. The molecule has 1 fully saturated rings. The van der Waals surface area contributed by atoms with Gasteiger partial charge in [-0.15, -0.1) is 0 Å². The molecule has 1 saturated heterocycles. The van der Waals surface area contributed by atoms with Gasteiger partial charge in [-0.05, 0) is 25.9 Å². The number of rotatable bonds is 6. The van der Waals surface area contributed by atoms with E-state index in [-0.39, 0.29) is 0 Å². The molecule has 0 N–H and O–H groups in total. The van der Waals surface area contributed by atoms with Crippen molar-refractivity contribution in [2.24, 2.45) is 0 Å². The van der Waals surface area contributed by atoms with Gasteiger partial charge in [0, 0.05) is 6.54 Å². The second-order valence-electron chi connectivity index (χ2n) is 3.48. The third-order valence-corrected chi connectivity index (χ3v) is 2.41. The lowest BCUT2D eigenvalue weighted by Crippen LogP contribution is -2.32. The van der Waals surface area contributed by atoms with Gasteiger partial charge >= 0.3 is 0 Å². The summed E-state index contributed by atoms with van der Waals surface area (Å²) in [5, 5.41) is 0. The van der Waals surface area contributed by atoms with Crippen molar-refractivity contribution >= 4 is 0 Å². The second kappa shape index (κ2) is 7.66. The molecule has 0 aliphatic carbocycles.